The summed E-state index contributed by atoms with van der Waals surface area (Å²) in [6.07, 6.45) is 2.37. The summed E-state index contributed by atoms with van der Waals surface area (Å²) in [5.41, 5.74) is 1.27. The number of hydrogen-bond acceptors (Lipinski definition) is 3. The Kier molecular flexibility index (Phi) is 5.95. The van der Waals surface area contributed by atoms with Crippen molar-refractivity contribution in [2.24, 2.45) is 0 Å². The standard InChI is InChI=1S/C15H21NO3S/c1-4-10-16-15(17)13(5-2)11-20(18,19)14-8-6-12(3)7-9-14/h5-9H,4,10-11H2,1-3H3,(H,16,17). The summed E-state index contributed by atoms with van der Waals surface area (Å²) in [6.45, 7) is 6.05. The van der Waals surface area contributed by atoms with E-state index in [2.05, 4.69) is 5.32 Å². The Bertz CT molecular complexity index is 586. The maximum Gasteiger partial charge on any atom is 0.247 e. The molecular formula is C15H21NO3S. The van der Waals surface area contributed by atoms with Gasteiger partial charge >= 0.3 is 0 Å². The molecule has 0 atom stereocenters. The lowest BCUT2D eigenvalue weighted by Crippen LogP contribution is -2.28. The molecule has 4 nitrogen and oxygen atoms in total. The van der Waals surface area contributed by atoms with Gasteiger partial charge in [0.05, 0.1) is 10.6 Å². The summed E-state index contributed by atoms with van der Waals surface area (Å²) in [5, 5.41) is 2.69. The van der Waals surface area contributed by atoms with Gasteiger partial charge < -0.3 is 5.32 Å². The number of sulfone groups is 1. The van der Waals surface area contributed by atoms with Gasteiger partial charge in [0.2, 0.25) is 5.91 Å². The number of carbonyl (C=O) groups is 1. The maximum atomic E-state index is 12.3. The Hall–Kier alpha value is -1.62. The molecule has 1 aromatic rings. The van der Waals surface area contributed by atoms with Gasteiger partial charge in [-0.05, 0) is 32.4 Å². The molecule has 1 rings (SSSR count). The first-order valence-corrected chi connectivity index (χ1v) is 8.28. The van der Waals surface area contributed by atoms with Crippen LogP contribution in [0.1, 0.15) is 25.8 Å². The van der Waals surface area contributed by atoms with E-state index in [9.17, 15) is 13.2 Å². The molecule has 5 heteroatoms. The molecule has 0 unspecified atom stereocenters. The highest BCUT2D eigenvalue weighted by Gasteiger charge is 2.20. The van der Waals surface area contributed by atoms with Crippen LogP contribution in [0.3, 0.4) is 0 Å². The van der Waals surface area contributed by atoms with E-state index in [1.165, 1.54) is 0 Å². The molecular weight excluding hydrogens is 274 g/mol. The summed E-state index contributed by atoms with van der Waals surface area (Å²) in [4.78, 5) is 12.1. The fraction of sp³-hybridized carbons (Fsp3) is 0.400. The summed E-state index contributed by atoms with van der Waals surface area (Å²) < 4.78 is 24.5. The van der Waals surface area contributed by atoms with Crippen molar-refractivity contribution in [2.45, 2.75) is 32.1 Å². The number of amides is 1. The molecule has 0 aliphatic carbocycles. The Morgan fingerprint density at radius 1 is 1.25 bits per heavy atom. The van der Waals surface area contributed by atoms with Gasteiger partial charge in [-0.1, -0.05) is 30.7 Å². The molecule has 1 aromatic carbocycles. The van der Waals surface area contributed by atoms with Crippen molar-refractivity contribution in [1.82, 2.24) is 5.32 Å². The molecule has 1 amide bonds. The summed E-state index contributed by atoms with van der Waals surface area (Å²) >= 11 is 0. The zero-order valence-corrected chi connectivity index (χ0v) is 13.0. The van der Waals surface area contributed by atoms with Crippen molar-refractivity contribution >= 4 is 15.7 Å². The zero-order valence-electron chi connectivity index (χ0n) is 12.1. The first kappa shape index (κ1) is 16.4. The third-order valence-electron chi connectivity index (χ3n) is 2.90. The lowest BCUT2D eigenvalue weighted by atomic mass is 10.2. The first-order chi connectivity index (χ1) is 9.40. The van der Waals surface area contributed by atoms with E-state index in [-0.39, 0.29) is 22.1 Å². The van der Waals surface area contributed by atoms with Crippen molar-refractivity contribution in [2.75, 3.05) is 12.3 Å². The van der Waals surface area contributed by atoms with E-state index < -0.39 is 9.84 Å². The number of carbonyl (C=O) groups excluding carboxylic acids is 1. The molecule has 0 saturated carbocycles. The van der Waals surface area contributed by atoms with Crippen LogP contribution >= 0.6 is 0 Å². The van der Waals surface area contributed by atoms with Gasteiger partial charge in [-0.15, -0.1) is 0 Å². The molecule has 0 aliphatic rings. The lowest BCUT2D eigenvalue weighted by molar-refractivity contribution is -0.117. The third kappa shape index (κ3) is 4.49. The van der Waals surface area contributed by atoms with Crippen LogP contribution in [-0.2, 0) is 14.6 Å². The molecule has 0 aliphatic heterocycles. The number of nitrogens with one attached hydrogen (secondary N) is 1. The molecule has 0 fully saturated rings. The molecule has 110 valence electrons. The second kappa shape index (κ2) is 7.24. The van der Waals surface area contributed by atoms with Gasteiger partial charge in [0.25, 0.3) is 0 Å². The predicted molar refractivity (Wildman–Crippen MR) is 80.3 cm³/mol. The molecule has 0 heterocycles. The van der Waals surface area contributed by atoms with Gasteiger partial charge in [-0.2, -0.15) is 0 Å². The quantitative estimate of drug-likeness (QED) is 0.819. The smallest absolute Gasteiger partial charge is 0.247 e. The zero-order chi connectivity index (χ0) is 15.2. The van der Waals surface area contributed by atoms with Crippen LogP contribution in [0, 0.1) is 6.92 Å². The normalized spacial score (nSPS) is 12.2. The summed E-state index contributed by atoms with van der Waals surface area (Å²) in [5.74, 6) is -0.590. The number of hydrogen-bond donors (Lipinski definition) is 1. The van der Waals surface area contributed by atoms with Crippen LogP contribution < -0.4 is 5.32 Å². The molecule has 0 saturated heterocycles. The number of allylic oxidation sites excluding steroid dienone is 1. The highest BCUT2D eigenvalue weighted by atomic mass is 32.2. The van der Waals surface area contributed by atoms with Crippen LogP contribution in [0.5, 0.6) is 0 Å². The van der Waals surface area contributed by atoms with Gasteiger partial charge in [0, 0.05) is 12.1 Å². The third-order valence-corrected chi connectivity index (χ3v) is 4.58. The molecule has 0 aromatic heterocycles. The van der Waals surface area contributed by atoms with Crippen molar-refractivity contribution < 1.29 is 13.2 Å². The fourth-order valence-electron chi connectivity index (χ4n) is 1.67. The topological polar surface area (TPSA) is 63.2 Å². The average Bonchev–Trinajstić information content (AvgIpc) is 2.42. The maximum absolute atomic E-state index is 12.3. The van der Waals surface area contributed by atoms with Crippen LogP contribution in [0.4, 0.5) is 0 Å². The number of rotatable bonds is 6. The molecule has 0 bridgehead atoms. The van der Waals surface area contributed by atoms with Gasteiger partial charge in [0.15, 0.2) is 9.84 Å². The van der Waals surface area contributed by atoms with Gasteiger partial charge in [-0.25, -0.2) is 8.42 Å². The summed E-state index contributed by atoms with van der Waals surface area (Å²) in [7, 11) is -3.49. The fourth-order valence-corrected chi connectivity index (χ4v) is 3.09. The van der Waals surface area contributed by atoms with Crippen LogP contribution in [0.25, 0.3) is 0 Å². The minimum atomic E-state index is -3.49. The van der Waals surface area contributed by atoms with Crippen molar-refractivity contribution in [3.63, 3.8) is 0 Å². The van der Waals surface area contributed by atoms with E-state index >= 15 is 0 Å². The monoisotopic (exact) mass is 295 g/mol. The van der Waals surface area contributed by atoms with Crippen molar-refractivity contribution in [3.05, 3.63) is 41.5 Å². The second-order valence-electron chi connectivity index (χ2n) is 4.64. The van der Waals surface area contributed by atoms with Crippen LogP contribution in [0.2, 0.25) is 0 Å². The number of aryl methyl sites for hydroxylation is 1. The van der Waals surface area contributed by atoms with E-state index in [1.807, 2.05) is 13.8 Å². The highest BCUT2D eigenvalue weighted by molar-refractivity contribution is 7.91. The minimum absolute atomic E-state index is 0.241. The Labute approximate surface area is 120 Å². The molecule has 1 N–H and O–H groups in total. The van der Waals surface area contributed by atoms with E-state index in [4.69, 9.17) is 0 Å². The van der Waals surface area contributed by atoms with Crippen molar-refractivity contribution in [3.8, 4) is 0 Å². The largest absolute Gasteiger partial charge is 0.352 e. The molecule has 0 radical (unpaired) electrons. The van der Waals surface area contributed by atoms with E-state index in [0.29, 0.717) is 6.54 Å². The lowest BCUT2D eigenvalue weighted by Gasteiger charge is -2.09. The Balaban J connectivity index is 2.89. The van der Waals surface area contributed by atoms with Gasteiger partial charge in [0.1, 0.15) is 0 Å². The highest BCUT2D eigenvalue weighted by Crippen LogP contribution is 2.15. The summed E-state index contributed by atoms with van der Waals surface area (Å²) in [6, 6.07) is 6.64. The first-order valence-electron chi connectivity index (χ1n) is 6.63. The van der Waals surface area contributed by atoms with E-state index in [0.717, 1.165) is 12.0 Å². The predicted octanol–water partition coefficient (Wildman–Crippen LogP) is 2.24. The van der Waals surface area contributed by atoms with Crippen LogP contribution in [-0.4, -0.2) is 26.6 Å². The Morgan fingerprint density at radius 2 is 1.85 bits per heavy atom. The van der Waals surface area contributed by atoms with Crippen molar-refractivity contribution in [1.29, 1.82) is 0 Å². The molecule has 0 spiro atoms. The molecule has 20 heavy (non-hydrogen) atoms. The van der Waals surface area contributed by atoms with E-state index in [1.54, 1.807) is 37.3 Å². The second-order valence-corrected chi connectivity index (χ2v) is 6.63. The van der Waals surface area contributed by atoms with Crippen LogP contribution in [0.15, 0.2) is 40.8 Å². The Morgan fingerprint density at radius 3 is 2.35 bits per heavy atom. The minimum Gasteiger partial charge on any atom is -0.352 e. The van der Waals surface area contributed by atoms with Gasteiger partial charge in [-0.3, -0.25) is 4.79 Å². The average molecular weight is 295 g/mol. The number of benzene rings is 1. The SMILES string of the molecule is CC=C(CS(=O)(=O)c1ccc(C)cc1)C(=O)NCCC.